The average Bonchev–Trinajstić information content (AvgIpc) is 3.40. The van der Waals surface area contributed by atoms with Gasteiger partial charge in [0.2, 0.25) is 17.9 Å². The summed E-state index contributed by atoms with van der Waals surface area (Å²) in [5.74, 6) is 1.51. The molecule has 31 heavy (non-hydrogen) atoms. The van der Waals surface area contributed by atoms with E-state index in [1.54, 1.807) is 4.52 Å². The summed E-state index contributed by atoms with van der Waals surface area (Å²) in [4.78, 5) is 12.5. The van der Waals surface area contributed by atoms with Gasteiger partial charge in [0.15, 0.2) is 17.1 Å². The van der Waals surface area contributed by atoms with Gasteiger partial charge in [-0.15, -0.1) is 10.2 Å². The molecule has 1 aliphatic rings. The summed E-state index contributed by atoms with van der Waals surface area (Å²) in [6.07, 6.45) is 0. The fraction of sp³-hybridized carbons (Fsp3) is 0.182. The zero-order valence-electron chi connectivity index (χ0n) is 17.0. The van der Waals surface area contributed by atoms with Crippen molar-refractivity contribution < 1.29 is 14.3 Å². The highest BCUT2D eigenvalue weighted by Gasteiger charge is 2.16. The van der Waals surface area contributed by atoms with Crippen LogP contribution in [0, 0.1) is 13.8 Å². The molecule has 5 rings (SSSR count). The molecule has 0 unspecified atom stereocenters. The summed E-state index contributed by atoms with van der Waals surface area (Å²) in [5.41, 5.74) is 5.18. The molecule has 2 aromatic heterocycles. The van der Waals surface area contributed by atoms with Crippen molar-refractivity contribution in [3.8, 4) is 22.8 Å². The summed E-state index contributed by atoms with van der Waals surface area (Å²) in [7, 11) is 0. The van der Waals surface area contributed by atoms with E-state index >= 15 is 0 Å². The molecule has 9 heteroatoms. The Morgan fingerprint density at radius 2 is 1.94 bits per heavy atom. The molecule has 0 aliphatic carbocycles. The first-order chi connectivity index (χ1) is 15.1. The summed E-state index contributed by atoms with van der Waals surface area (Å²) >= 11 is 1.29. The first kappa shape index (κ1) is 19.4. The van der Waals surface area contributed by atoms with Gasteiger partial charge in [-0.3, -0.25) is 4.79 Å². The minimum atomic E-state index is -0.109. The molecule has 1 aliphatic heterocycles. The predicted molar refractivity (Wildman–Crippen MR) is 118 cm³/mol. The van der Waals surface area contributed by atoms with Crippen LogP contribution in [-0.2, 0) is 4.79 Å². The highest BCUT2D eigenvalue weighted by atomic mass is 32.2. The van der Waals surface area contributed by atoms with Gasteiger partial charge in [-0.05, 0) is 61.4 Å². The van der Waals surface area contributed by atoms with Gasteiger partial charge in [-0.25, -0.2) is 0 Å². The van der Waals surface area contributed by atoms with Crippen LogP contribution in [0.2, 0.25) is 0 Å². The lowest BCUT2D eigenvalue weighted by atomic mass is 10.1. The van der Waals surface area contributed by atoms with Crippen LogP contribution in [0.3, 0.4) is 0 Å². The Morgan fingerprint density at radius 1 is 1.06 bits per heavy atom. The number of aryl methyl sites for hydroxylation is 2. The molecule has 0 saturated carbocycles. The lowest BCUT2D eigenvalue weighted by Crippen LogP contribution is -2.15. The van der Waals surface area contributed by atoms with Crippen LogP contribution < -0.4 is 14.8 Å². The molecule has 0 spiro atoms. The second-order valence-electron chi connectivity index (χ2n) is 7.19. The van der Waals surface area contributed by atoms with Gasteiger partial charge >= 0.3 is 0 Å². The first-order valence-electron chi connectivity index (χ1n) is 9.69. The monoisotopic (exact) mass is 433 g/mol. The number of fused-ring (bicyclic) bond motifs is 2. The number of nitrogens with zero attached hydrogens (tertiary/aromatic N) is 4. The zero-order valence-corrected chi connectivity index (χ0v) is 17.8. The van der Waals surface area contributed by atoms with Gasteiger partial charge < -0.3 is 14.8 Å². The highest BCUT2D eigenvalue weighted by molar-refractivity contribution is 7.99. The van der Waals surface area contributed by atoms with E-state index in [-0.39, 0.29) is 18.5 Å². The van der Waals surface area contributed by atoms with Gasteiger partial charge in [0, 0.05) is 11.3 Å². The third-order valence-electron chi connectivity index (χ3n) is 4.90. The Hall–Kier alpha value is -3.59. The number of carbonyl (C=O) groups is 1. The van der Waals surface area contributed by atoms with E-state index in [4.69, 9.17) is 9.47 Å². The molecular formula is C22H19N5O3S. The van der Waals surface area contributed by atoms with Gasteiger partial charge in [0.25, 0.3) is 0 Å². The quantitative estimate of drug-likeness (QED) is 0.478. The number of benzene rings is 2. The molecule has 0 bridgehead atoms. The van der Waals surface area contributed by atoms with Gasteiger partial charge in [-0.1, -0.05) is 23.9 Å². The van der Waals surface area contributed by atoms with Crippen molar-refractivity contribution in [2.24, 2.45) is 0 Å². The Balaban J connectivity index is 1.34. The fourth-order valence-electron chi connectivity index (χ4n) is 3.26. The molecule has 2 aromatic carbocycles. The molecule has 3 heterocycles. The van der Waals surface area contributed by atoms with E-state index in [9.17, 15) is 4.79 Å². The topological polar surface area (TPSA) is 90.6 Å². The molecule has 4 aromatic rings. The van der Waals surface area contributed by atoms with Crippen LogP contribution in [0.5, 0.6) is 11.5 Å². The van der Waals surface area contributed by atoms with Crippen LogP contribution >= 0.6 is 11.8 Å². The van der Waals surface area contributed by atoms with Crippen molar-refractivity contribution in [2.75, 3.05) is 17.9 Å². The van der Waals surface area contributed by atoms with E-state index < -0.39 is 0 Å². The standard InChI is InChI=1S/C22H19N5O3S/c1-13-3-4-14(2)17(9-13)23-21(28)11-31-22-25-24-20-8-6-16(26-27(20)22)15-5-7-18-19(10-15)30-12-29-18/h3-10H,11-12H2,1-2H3,(H,23,28). The normalized spacial score (nSPS) is 12.3. The van der Waals surface area contributed by atoms with E-state index in [0.29, 0.717) is 16.6 Å². The second-order valence-corrected chi connectivity index (χ2v) is 8.14. The van der Waals surface area contributed by atoms with Gasteiger partial charge in [-0.2, -0.15) is 9.61 Å². The van der Waals surface area contributed by atoms with E-state index in [1.807, 2.05) is 62.4 Å². The maximum atomic E-state index is 12.5. The molecule has 1 N–H and O–H groups in total. The Kier molecular flexibility index (Phi) is 4.95. The van der Waals surface area contributed by atoms with Gasteiger partial charge in [0.05, 0.1) is 11.4 Å². The molecule has 8 nitrogen and oxygen atoms in total. The molecule has 0 fully saturated rings. The molecular weight excluding hydrogens is 414 g/mol. The fourth-order valence-corrected chi connectivity index (χ4v) is 3.94. The van der Waals surface area contributed by atoms with E-state index in [2.05, 4.69) is 20.6 Å². The summed E-state index contributed by atoms with van der Waals surface area (Å²) in [6, 6.07) is 15.4. The van der Waals surface area contributed by atoms with Gasteiger partial charge in [0.1, 0.15) is 0 Å². The van der Waals surface area contributed by atoms with E-state index in [0.717, 1.165) is 33.8 Å². The number of nitrogens with one attached hydrogen (secondary N) is 1. The van der Waals surface area contributed by atoms with Crippen LogP contribution in [-0.4, -0.2) is 38.3 Å². The number of carbonyl (C=O) groups excluding carboxylic acids is 1. The zero-order chi connectivity index (χ0) is 21.4. The Morgan fingerprint density at radius 3 is 2.84 bits per heavy atom. The van der Waals surface area contributed by atoms with Crippen molar-refractivity contribution in [1.82, 2.24) is 19.8 Å². The van der Waals surface area contributed by atoms with Crippen molar-refractivity contribution in [1.29, 1.82) is 0 Å². The van der Waals surface area contributed by atoms with Crippen molar-refractivity contribution in [2.45, 2.75) is 19.0 Å². The number of ether oxygens (including phenoxy) is 2. The first-order valence-corrected chi connectivity index (χ1v) is 10.7. The van der Waals surface area contributed by atoms with Crippen LogP contribution in [0.1, 0.15) is 11.1 Å². The number of thioether (sulfide) groups is 1. The van der Waals surface area contributed by atoms with Crippen molar-refractivity contribution in [3.63, 3.8) is 0 Å². The summed E-state index contributed by atoms with van der Waals surface area (Å²) in [5, 5.41) is 16.5. The summed E-state index contributed by atoms with van der Waals surface area (Å²) < 4.78 is 12.5. The minimum absolute atomic E-state index is 0.109. The highest BCUT2D eigenvalue weighted by Crippen LogP contribution is 2.35. The number of amides is 1. The lowest BCUT2D eigenvalue weighted by Gasteiger charge is -2.09. The van der Waals surface area contributed by atoms with Crippen molar-refractivity contribution >= 4 is 29.0 Å². The van der Waals surface area contributed by atoms with E-state index in [1.165, 1.54) is 11.8 Å². The number of rotatable bonds is 5. The molecule has 1 amide bonds. The molecule has 0 atom stereocenters. The lowest BCUT2D eigenvalue weighted by molar-refractivity contribution is -0.113. The number of aromatic nitrogens is 4. The molecule has 0 saturated heterocycles. The third kappa shape index (κ3) is 3.91. The number of anilines is 1. The van der Waals surface area contributed by atoms with Crippen LogP contribution in [0.25, 0.3) is 16.9 Å². The summed E-state index contributed by atoms with van der Waals surface area (Å²) in [6.45, 7) is 4.19. The van der Waals surface area contributed by atoms with Crippen molar-refractivity contribution in [3.05, 3.63) is 59.7 Å². The Bertz CT molecular complexity index is 1300. The molecule has 156 valence electrons. The SMILES string of the molecule is Cc1ccc(C)c(NC(=O)CSc2nnc3ccc(-c4ccc5c(c4)OCO5)nn23)c1. The number of hydrogen-bond donors (Lipinski definition) is 1. The van der Waals surface area contributed by atoms with Crippen LogP contribution in [0.4, 0.5) is 5.69 Å². The maximum absolute atomic E-state index is 12.5. The number of hydrogen-bond acceptors (Lipinski definition) is 7. The van der Waals surface area contributed by atoms with Crippen LogP contribution in [0.15, 0.2) is 53.7 Å². The Labute approximate surface area is 182 Å². The largest absolute Gasteiger partial charge is 0.454 e. The average molecular weight is 433 g/mol. The third-order valence-corrected chi connectivity index (χ3v) is 5.82. The smallest absolute Gasteiger partial charge is 0.234 e. The second kappa shape index (κ2) is 7.92. The molecule has 0 radical (unpaired) electrons. The minimum Gasteiger partial charge on any atom is -0.454 e. The maximum Gasteiger partial charge on any atom is 0.234 e. The predicted octanol–water partition coefficient (Wildman–Crippen LogP) is 3.87.